The number of methoxy groups -OCH3 is 1. The summed E-state index contributed by atoms with van der Waals surface area (Å²) in [7, 11) is 1.55. The lowest BCUT2D eigenvalue weighted by molar-refractivity contribution is -0.114. The second kappa shape index (κ2) is 7.88. The molecule has 0 bridgehead atoms. The molecule has 0 aliphatic heterocycles. The minimum atomic E-state index is -0.163. The molecule has 0 unspecified atom stereocenters. The van der Waals surface area contributed by atoms with Crippen LogP contribution in [0.4, 0.5) is 11.4 Å². The Kier molecular flexibility index (Phi) is 5.88. The third-order valence-corrected chi connectivity index (χ3v) is 3.69. The van der Waals surface area contributed by atoms with Crippen LogP contribution in [0.5, 0.6) is 5.75 Å². The number of nitrogens with one attached hydrogen (secondary N) is 2. The van der Waals surface area contributed by atoms with E-state index in [9.17, 15) is 4.79 Å². The van der Waals surface area contributed by atoms with Crippen LogP contribution in [0.1, 0.15) is 25.3 Å². The number of anilines is 2. The molecule has 0 saturated heterocycles. The molecule has 5 heteroatoms. The molecule has 0 fully saturated rings. The van der Waals surface area contributed by atoms with Gasteiger partial charge in [-0.15, -0.1) is 0 Å². The van der Waals surface area contributed by atoms with Crippen molar-refractivity contribution in [1.29, 1.82) is 0 Å². The van der Waals surface area contributed by atoms with Crippen molar-refractivity contribution in [2.45, 2.75) is 19.8 Å². The van der Waals surface area contributed by atoms with Crippen LogP contribution in [0.2, 0.25) is 5.02 Å². The van der Waals surface area contributed by atoms with Crippen molar-refractivity contribution in [3.05, 3.63) is 53.1 Å². The molecule has 0 aliphatic carbocycles. The van der Waals surface area contributed by atoms with Gasteiger partial charge in [0.05, 0.1) is 19.3 Å². The Morgan fingerprint density at radius 2 is 1.91 bits per heavy atom. The Hall–Kier alpha value is -2.20. The van der Waals surface area contributed by atoms with Crippen LogP contribution in [0.3, 0.4) is 0 Å². The minimum absolute atomic E-state index is 0.163. The highest BCUT2D eigenvalue weighted by Crippen LogP contribution is 2.28. The molecule has 0 radical (unpaired) electrons. The van der Waals surface area contributed by atoms with Crippen molar-refractivity contribution in [3.63, 3.8) is 0 Å². The van der Waals surface area contributed by atoms with E-state index in [0.717, 1.165) is 5.69 Å². The Morgan fingerprint density at radius 3 is 2.61 bits per heavy atom. The van der Waals surface area contributed by atoms with Gasteiger partial charge in [-0.2, -0.15) is 0 Å². The third kappa shape index (κ3) is 4.63. The molecule has 4 nitrogen and oxygen atoms in total. The zero-order valence-corrected chi connectivity index (χ0v) is 14.3. The van der Waals surface area contributed by atoms with Gasteiger partial charge in [-0.1, -0.05) is 43.6 Å². The summed E-state index contributed by atoms with van der Waals surface area (Å²) in [5, 5.41) is 6.53. The third-order valence-electron chi connectivity index (χ3n) is 3.46. The maximum atomic E-state index is 12.2. The Balaban J connectivity index is 2.03. The highest BCUT2D eigenvalue weighted by atomic mass is 35.5. The topological polar surface area (TPSA) is 50.4 Å². The first-order valence-corrected chi connectivity index (χ1v) is 7.85. The summed E-state index contributed by atoms with van der Waals surface area (Å²) in [4.78, 5) is 12.2. The van der Waals surface area contributed by atoms with Crippen molar-refractivity contribution in [2.75, 3.05) is 24.3 Å². The summed E-state index contributed by atoms with van der Waals surface area (Å²) in [6, 6.07) is 13.1. The molecule has 0 aliphatic rings. The molecule has 23 heavy (non-hydrogen) atoms. The zero-order chi connectivity index (χ0) is 16.8. The van der Waals surface area contributed by atoms with E-state index in [4.69, 9.17) is 16.3 Å². The number of rotatable bonds is 6. The molecule has 2 N–H and O–H groups in total. The number of para-hydroxylation sites is 1. The number of carbonyl (C=O) groups excluding carboxylic acids is 1. The first-order chi connectivity index (χ1) is 11.0. The van der Waals surface area contributed by atoms with Gasteiger partial charge in [0.15, 0.2) is 0 Å². The van der Waals surface area contributed by atoms with Crippen molar-refractivity contribution in [1.82, 2.24) is 0 Å². The molecule has 0 heterocycles. The fraction of sp³-hybridized carbons (Fsp3) is 0.278. The van der Waals surface area contributed by atoms with Gasteiger partial charge in [-0.3, -0.25) is 4.79 Å². The van der Waals surface area contributed by atoms with Crippen LogP contribution in [-0.4, -0.2) is 19.6 Å². The van der Waals surface area contributed by atoms with Crippen LogP contribution in [0, 0.1) is 0 Å². The van der Waals surface area contributed by atoms with Gasteiger partial charge in [-0.25, -0.2) is 0 Å². The Bertz CT molecular complexity index is 686. The van der Waals surface area contributed by atoms with Crippen LogP contribution in [0.25, 0.3) is 0 Å². The molecule has 1 amide bonds. The van der Waals surface area contributed by atoms with E-state index in [1.54, 1.807) is 25.3 Å². The molecule has 0 aromatic heterocycles. The number of ether oxygens (including phenoxy) is 1. The van der Waals surface area contributed by atoms with E-state index >= 15 is 0 Å². The quantitative estimate of drug-likeness (QED) is 0.817. The monoisotopic (exact) mass is 332 g/mol. The number of benzene rings is 2. The van der Waals surface area contributed by atoms with Gasteiger partial charge in [-0.05, 0) is 35.7 Å². The molecule has 0 saturated carbocycles. The highest BCUT2D eigenvalue weighted by Gasteiger charge is 2.10. The van der Waals surface area contributed by atoms with Crippen LogP contribution in [0.15, 0.2) is 42.5 Å². The van der Waals surface area contributed by atoms with Gasteiger partial charge in [0.1, 0.15) is 5.75 Å². The SMILES string of the molecule is COc1ccc(Cl)cc1NC(=O)CNc1ccccc1C(C)C. The lowest BCUT2D eigenvalue weighted by atomic mass is 10.0. The first kappa shape index (κ1) is 17.2. The second-order valence-corrected chi connectivity index (χ2v) is 5.92. The maximum Gasteiger partial charge on any atom is 0.243 e. The van der Waals surface area contributed by atoms with E-state index in [1.165, 1.54) is 5.56 Å². The number of hydrogen-bond donors (Lipinski definition) is 2. The number of hydrogen-bond acceptors (Lipinski definition) is 3. The molecule has 2 rings (SSSR count). The predicted octanol–water partition coefficient (Wildman–Crippen LogP) is 4.52. The van der Waals surface area contributed by atoms with Gasteiger partial charge < -0.3 is 15.4 Å². The number of carbonyl (C=O) groups is 1. The lowest BCUT2D eigenvalue weighted by Gasteiger charge is -2.15. The fourth-order valence-electron chi connectivity index (χ4n) is 2.31. The molecule has 2 aromatic rings. The van der Waals surface area contributed by atoms with Gasteiger partial charge >= 0.3 is 0 Å². The predicted molar refractivity (Wildman–Crippen MR) is 95.7 cm³/mol. The van der Waals surface area contributed by atoms with Crippen molar-refractivity contribution in [2.24, 2.45) is 0 Å². The fourth-order valence-corrected chi connectivity index (χ4v) is 2.48. The number of amides is 1. The smallest absolute Gasteiger partial charge is 0.243 e. The molecular formula is C18H21ClN2O2. The zero-order valence-electron chi connectivity index (χ0n) is 13.5. The van der Waals surface area contributed by atoms with Crippen molar-refractivity contribution in [3.8, 4) is 5.75 Å². The van der Waals surface area contributed by atoms with Gasteiger partial charge in [0.2, 0.25) is 5.91 Å². The van der Waals surface area contributed by atoms with E-state index < -0.39 is 0 Å². The summed E-state index contributed by atoms with van der Waals surface area (Å²) >= 11 is 5.96. The molecule has 0 spiro atoms. The molecule has 122 valence electrons. The summed E-state index contributed by atoms with van der Waals surface area (Å²) in [5.41, 5.74) is 2.71. The number of halogens is 1. The van der Waals surface area contributed by atoms with Crippen LogP contribution >= 0.6 is 11.6 Å². The second-order valence-electron chi connectivity index (χ2n) is 5.49. The Labute approximate surface area is 141 Å². The average Bonchev–Trinajstić information content (AvgIpc) is 2.53. The van der Waals surface area contributed by atoms with Crippen molar-refractivity contribution < 1.29 is 9.53 Å². The standard InChI is InChI=1S/C18H21ClN2O2/c1-12(2)14-6-4-5-7-15(14)20-11-18(22)21-16-10-13(19)8-9-17(16)23-3/h4-10,12,20H,11H2,1-3H3,(H,21,22). The van der Waals surface area contributed by atoms with E-state index in [0.29, 0.717) is 22.4 Å². The van der Waals surface area contributed by atoms with Crippen LogP contribution in [-0.2, 0) is 4.79 Å². The molecule has 0 atom stereocenters. The molecule has 2 aromatic carbocycles. The van der Waals surface area contributed by atoms with E-state index in [1.807, 2.05) is 18.2 Å². The van der Waals surface area contributed by atoms with E-state index in [-0.39, 0.29) is 12.5 Å². The summed E-state index contributed by atoms with van der Waals surface area (Å²) in [5.74, 6) is 0.796. The van der Waals surface area contributed by atoms with E-state index in [2.05, 4.69) is 30.5 Å². The normalized spacial score (nSPS) is 10.5. The highest BCUT2D eigenvalue weighted by molar-refractivity contribution is 6.31. The van der Waals surface area contributed by atoms with Crippen LogP contribution < -0.4 is 15.4 Å². The van der Waals surface area contributed by atoms with Gasteiger partial charge in [0, 0.05) is 10.7 Å². The summed E-state index contributed by atoms with van der Waals surface area (Å²) in [6.45, 7) is 4.41. The summed E-state index contributed by atoms with van der Waals surface area (Å²) in [6.07, 6.45) is 0. The first-order valence-electron chi connectivity index (χ1n) is 7.47. The molecular weight excluding hydrogens is 312 g/mol. The van der Waals surface area contributed by atoms with Gasteiger partial charge in [0.25, 0.3) is 0 Å². The minimum Gasteiger partial charge on any atom is -0.495 e. The largest absolute Gasteiger partial charge is 0.495 e. The average molecular weight is 333 g/mol. The lowest BCUT2D eigenvalue weighted by Crippen LogP contribution is -2.22. The van der Waals surface area contributed by atoms with Crippen molar-refractivity contribution >= 4 is 28.9 Å². The summed E-state index contributed by atoms with van der Waals surface area (Å²) < 4.78 is 5.22. The Morgan fingerprint density at radius 1 is 1.17 bits per heavy atom. The maximum absolute atomic E-state index is 12.2.